The number of methoxy groups -OCH3 is 1. The van der Waals surface area contributed by atoms with Crippen molar-refractivity contribution >= 4 is 20.9 Å². The smallest absolute Gasteiger partial charge is 0.331 e. The summed E-state index contributed by atoms with van der Waals surface area (Å²) < 4.78 is 35.5. The average Bonchev–Trinajstić information content (AvgIpc) is 3.31. The van der Waals surface area contributed by atoms with Gasteiger partial charge in [-0.25, -0.2) is 17.9 Å². The summed E-state index contributed by atoms with van der Waals surface area (Å²) in [6, 6.07) is 4.28. The number of fused-ring (bicyclic) bond motifs is 1. The molecule has 3 rings (SSSR count). The highest BCUT2D eigenvalue weighted by Gasteiger charge is 2.41. The third-order valence-electron chi connectivity index (χ3n) is 4.72. The van der Waals surface area contributed by atoms with Gasteiger partial charge in [0.1, 0.15) is 0 Å². The molecule has 0 spiro atoms. The predicted molar refractivity (Wildman–Crippen MR) is 98.0 cm³/mol. The van der Waals surface area contributed by atoms with Gasteiger partial charge in [-0.1, -0.05) is 0 Å². The Morgan fingerprint density at radius 3 is 2.50 bits per heavy atom. The second kappa shape index (κ2) is 6.64. The predicted octanol–water partition coefficient (Wildman–Crippen LogP) is 0.660. The fraction of sp³-hybridized carbons (Fsp3) is 0.529. The molecule has 1 fully saturated rings. The lowest BCUT2D eigenvalue weighted by molar-refractivity contribution is 0.186. The van der Waals surface area contributed by atoms with Crippen LogP contribution < -0.4 is 16.0 Å². The van der Waals surface area contributed by atoms with Gasteiger partial charge in [-0.2, -0.15) is 0 Å². The van der Waals surface area contributed by atoms with Crippen molar-refractivity contribution in [2.45, 2.75) is 50.2 Å². The number of rotatable bonds is 7. The molecule has 0 aliphatic heterocycles. The van der Waals surface area contributed by atoms with Crippen LogP contribution in [0.25, 0.3) is 10.9 Å². The van der Waals surface area contributed by atoms with Crippen LogP contribution in [0.4, 0.5) is 0 Å². The normalized spacial score (nSPS) is 16.1. The zero-order valence-corrected chi connectivity index (χ0v) is 15.9. The number of hydrogen-bond donors (Lipinski definition) is 1. The van der Waals surface area contributed by atoms with Gasteiger partial charge in [0.25, 0.3) is 5.56 Å². The van der Waals surface area contributed by atoms with Gasteiger partial charge in [0, 0.05) is 19.2 Å². The lowest BCUT2D eigenvalue weighted by Gasteiger charge is -2.15. The van der Waals surface area contributed by atoms with E-state index in [4.69, 9.17) is 4.74 Å². The molecular formula is C17H23N3O5S. The van der Waals surface area contributed by atoms with Gasteiger partial charge in [-0.3, -0.25) is 13.9 Å². The maximum absolute atomic E-state index is 12.7. The van der Waals surface area contributed by atoms with E-state index in [1.165, 1.54) is 29.9 Å². The van der Waals surface area contributed by atoms with Crippen LogP contribution in [0.1, 0.15) is 26.7 Å². The molecule has 1 aromatic carbocycles. The highest BCUT2D eigenvalue weighted by atomic mass is 32.2. The van der Waals surface area contributed by atoms with Crippen LogP contribution in [0.15, 0.2) is 32.7 Å². The van der Waals surface area contributed by atoms with Crippen LogP contribution in [0.5, 0.6) is 0 Å². The van der Waals surface area contributed by atoms with Gasteiger partial charge < -0.3 is 4.74 Å². The van der Waals surface area contributed by atoms with E-state index in [0.717, 1.165) is 17.4 Å². The van der Waals surface area contributed by atoms with Gasteiger partial charge in [0.15, 0.2) is 0 Å². The van der Waals surface area contributed by atoms with E-state index in [-0.39, 0.29) is 23.4 Å². The second-order valence-corrected chi connectivity index (χ2v) is 8.50. The molecule has 9 heteroatoms. The molecule has 0 radical (unpaired) electrons. The Morgan fingerprint density at radius 1 is 1.23 bits per heavy atom. The summed E-state index contributed by atoms with van der Waals surface area (Å²) in [7, 11) is -2.21. The molecule has 2 aromatic rings. The fourth-order valence-corrected chi connectivity index (χ4v) is 4.41. The molecule has 1 aliphatic carbocycles. The zero-order valence-electron chi connectivity index (χ0n) is 15.1. The summed E-state index contributed by atoms with van der Waals surface area (Å²) in [4.78, 5) is 25.3. The number of sulfonamides is 1. The molecule has 8 nitrogen and oxygen atoms in total. The molecule has 0 bridgehead atoms. The number of ether oxygens (including phenoxy) is 1. The first-order valence-corrected chi connectivity index (χ1v) is 10.0. The minimum atomic E-state index is -3.73. The third-order valence-corrected chi connectivity index (χ3v) is 6.36. The number of hydrogen-bond acceptors (Lipinski definition) is 5. The zero-order chi connectivity index (χ0) is 19.1. The standard InChI is InChI=1S/C17H23N3O5S/c1-4-19-15(21)13-11-12(26(23,24)18-17(2)7-8-17)5-6-14(13)20(16(19)22)9-10-25-3/h5-6,11,18H,4,7-10H2,1-3H3. The van der Waals surface area contributed by atoms with Crippen molar-refractivity contribution in [3.63, 3.8) is 0 Å². The van der Waals surface area contributed by atoms with Gasteiger partial charge >= 0.3 is 5.69 Å². The van der Waals surface area contributed by atoms with Gasteiger partial charge in [-0.05, 0) is 44.9 Å². The quantitative estimate of drug-likeness (QED) is 0.760. The molecule has 1 saturated carbocycles. The van der Waals surface area contributed by atoms with E-state index >= 15 is 0 Å². The molecule has 0 atom stereocenters. The van der Waals surface area contributed by atoms with Crippen molar-refractivity contribution in [1.82, 2.24) is 13.9 Å². The molecule has 142 valence electrons. The molecule has 0 unspecified atom stereocenters. The van der Waals surface area contributed by atoms with Crippen molar-refractivity contribution in [2.24, 2.45) is 0 Å². The number of nitrogens with zero attached hydrogens (tertiary/aromatic N) is 2. The van der Waals surface area contributed by atoms with E-state index in [9.17, 15) is 18.0 Å². The fourth-order valence-electron chi connectivity index (χ4n) is 2.92. The first kappa shape index (κ1) is 18.8. The van der Waals surface area contributed by atoms with E-state index < -0.39 is 26.8 Å². The number of aromatic nitrogens is 2. The Hall–Kier alpha value is -1.97. The molecule has 1 aliphatic rings. The largest absolute Gasteiger partial charge is 0.383 e. The molecule has 1 N–H and O–H groups in total. The van der Waals surface area contributed by atoms with Crippen LogP contribution in [-0.2, 0) is 27.8 Å². The molecule has 1 aromatic heterocycles. The molecule has 1 heterocycles. The van der Waals surface area contributed by atoms with Crippen LogP contribution in [-0.4, -0.2) is 36.8 Å². The average molecular weight is 381 g/mol. The topological polar surface area (TPSA) is 99.4 Å². The first-order chi connectivity index (χ1) is 12.2. The molecule has 0 saturated heterocycles. The van der Waals surface area contributed by atoms with Crippen molar-refractivity contribution in [3.05, 3.63) is 39.0 Å². The summed E-state index contributed by atoms with van der Waals surface area (Å²) in [5.74, 6) is 0. The van der Waals surface area contributed by atoms with E-state index in [2.05, 4.69) is 4.72 Å². The number of benzene rings is 1. The summed E-state index contributed by atoms with van der Waals surface area (Å²) in [5.41, 5.74) is -0.926. The lowest BCUT2D eigenvalue weighted by Crippen LogP contribution is -2.40. The highest BCUT2D eigenvalue weighted by molar-refractivity contribution is 7.89. The lowest BCUT2D eigenvalue weighted by atomic mass is 10.2. The van der Waals surface area contributed by atoms with Gasteiger partial charge in [0.2, 0.25) is 10.0 Å². The van der Waals surface area contributed by atoms with Crippen molar-refractivity contribution in [1.29, 1.82) is 0 Å². The minimum Gasteiger partial charge on any atom is -0.383 e. The van der Waals surface area contributed by atoms with Crippen LogP contribution in [0.3, 0.4) is 0 Å². The van der Waals surface area contributed by atoms with Gasteiger partial charge in [0.05, 0.1) is 29.0 Å². The molecule has 0 amide bonds. The summed E-state index contributed by atoms with van der Waals surface area (Å²) >= 11 is 0. The van der Waals surface area contributed by atoms with Crippen molar-refractivity contribution in [2.75, 3.05) is 13.7 Å². The minimum absolute atomic E-state index is 0.0230. The summed E-state index contributed by atoms with van der Waals surface area (Å²) in [5, 5.41) is 0.200. The molecular weight excluding hydrogens is 358 g/mol. The first-order valence-electron chi connectivity index (χ1n) is 8.53. The van der Waals surface area contributed by atoms with Crippen LogP contribution in [0, 0.1) is 0 Å². The Balaban J connectivity index is 2.20. The van der Waals surface area contributed by atoms with Gasteiger partial charge in [-0.15, -0.1) is 0 Å². The van der Waals surface area contributed by atoms with Crippen LogP contribution in [0.2, 0.25) is 0 Å². The maximum atomic E-state index is 12.7. The summed E-state index contributed by atoms with van der Waals surface area (Å²) in [6.07, 6.45) is 1.58. The Labute approximate surface area is 151 Å². The highest BCUT2D eigenvalue weighted by Crippen LogP contribution is 2.36. The Bertz CT molecular complexity index is 1060. The Morgan fingerprint density at radius 2 is 1.92 bits per heavy atom. The van der Waals surface area contributed by atoms with E-state index in [1.807, 2.05) is 6.92 Å². The Kier molecular flexibility index (Phi) is 4.80. The summed E-state index contributed by atoms with van der Waals surface area (Å²) in [6.45, 7) is 4.32. The van der Waals surface area contributed by atoms with Crippen LogP contribution >= 0.6 is 0 Å². The van der Waals surface area contributed by atoms with E-state index in [1.54, 1.807) is 6.92 Å². The second-order valence-electron chi connectivity index (χ2n) is 6.82. The SMILES string of the molecule is CCn1c(=O)c2cc(S(=O)(=O)NC3(C)CC3)ccc2n(CCOC)c1=O. The maximum Gasteiger partial charge on any atom is 0.331 e. The number of nitrogens with one attached hydrogen (secondary N) is 1. The molecule has 26 heavy (non-hydrogen) atoms. The monoisotopic (exact) mass is 381 g/mol. The van der Waals surface area contributed by atoms with Crippen molar-refractivity contribution in [3.8, 4) is 0 Å². The third kappa shape index (κ3) is 3.34. The van der Waals surface area contributed by atoms with Crippen molar-refractivity contribution < 1.29 is 13.2 Å². The van der Waals surface area contributed by atoms with E-state index in [0.29, 0.717) is 12.1 Å².